The second-order valence-corrected chi connectivity index (χ2v) is 20.0. The molecular formula is C32H52N2O9Si. The van der Waals surface area contributed by atoms with Crippen molar-refractivity contribution in [2.75, 3.05) is 0 Å². The highest BCUT2D eigenvalue weighted by molar-refractivity contribution is 6.74. The first-order chi connectivity index (χ1) is 19.5. The summed E-state index contributed by atoms with van der Waals surface area (Å²) in [6, 6.07) is 5.20. The van der Waals surface area contributed by atoms with E-state index < -0.39 is 61.3 Å². The van der Waals surface area contributed by atoms with Gasteiger partial charge in [-0.25, -0.2) is 19.3 Å². The summed E-state index contributed by atoms with van der Waals surface area (Å²) in [5.41, 5.74) is -2.66. The first kappa shape index (κ1) is 38.6. The molecule has 248 valence electrons. The van der Waals surface area contributed by atoms with Crippen molar-refractivity contribution in [2.24, 2.45) is 0 Å². The van der Waals surface area contributed by atoms with Gasteiger partial charge in [0.1, 0.15) is 28.6 Å². The third-order valence-corrected chi connectivity index (χ3v) is 10.8. The van der Waals surface area contributed by atoms with Crippen molar-refractivity contribution in [3.8, 4) is 5.75 Å². The summed E-state index contributed by atoms with van der Waals surface area (Å²) in [5, 5.41) is -0.0363. The Morgan fingerprint density at radius 1 is 0.682 bits per heavy atom. The van der Waals surface area contributed by atoms with Gasteiger partial charge in [-0.2, -0.15) is 0 Å². The molecule has 0 saturated heterocycles. The van der Waals surface area contributed by atoms with E-state index in [1.54, 1.807) is 86.6 Å². The lowest BCUT2D eigenvalue weighted by molar-refractivity contribution is -0.143. The zero-order valence-corrected chi connectivity index (χ0v) is 30.2. The highest BCUT2D eigenvalue weighted by atomic mass is 28.4. The Morgan fingerprint density at radius 3 is 1.41 bits per heavy atom. The molecule has 0 heterocycles. The van der Waals surface area contributed by atoms with Gasteiger partial charge in [0, 0.05) is 13.3 Å². The minimum atomic E-state index is -2.14. The van der Waals surface area contributed by atoms with Crippen LogP contribution in [0.15, 0.2) is 24.3 Å². The lowest BCUT2D eigenvalue weighted by Gasteiger charge is -2.36. The van der Waals surface area contributed by atoms with Crippen molar-refractivity contribution < 1.29 is 42.6 Å². The van der Waals surface area contributed by atoms with Crippen LogP contribution in [0.1, 0.15) is 95.6 Å². The van der Waals surface area contributed by atoms with Crippen LogP contribution < -0.4 is 4.43 Å². The summed E-state index contributed by atoms with van der Waals surface area (Å²) in [6.45, 7) is 25.9. The molecule has 11 nitrogen and oxygen atoms in total. The monoisotopic (exact) mass is 636 g/mol. The molecular weight excluding hydrogens is 584 g/mol. The Bertz CT molecular complexity index is 1190. The number of amides is 5. The molecule has 0 fully saturated rings. The molecule has 0 saturated carbocycles. The Hall–Kier alpha value is -3.41. The third kappa shape index (κ3) is 11.9. The normalized spacial score (nSPS) is 13.3. The van der Waals surface area contributed by atoms with Crippen LogP contribution in [-0.2, 0) is 30.2 Å². The molecule has 0 aliphatic heterocycles. The van der Waals surface area contributed by atoms with E-state index in [0.717, 1.165) is 6.92 Å². The van der Waals surface area contributed by atoms with Crippen LogP contribution in [-0.4, -0.2) is 71.1 Å². The van der Waals surface area contributed by atoms with Crippen molar-refractivity contribution in [1.29, 1.82) is 0 Å². The summed E-state index contributed by atoms with van der Waals surface area (Å²) < 4.78 is 22.5. The standard InChI is InChI=1S/C32H52N2O9Si/c1-21(35)33(26(37)40-29(2,3)4)24(20-22-16-18-23(19-17-22)43-44(14,15)32(11,12)13)25(36)34(27(38)41-30(5,6)7)28(39)42-31(8,9)10/h16-19,24H,20H2,1-15H3/t24-/m0/s1. The predicted octanol–water partition coefficient (Wildman–Crippen LogP) is 7.46. The van der Waals surface area contributed by atoms with E-state index in [4.69, 9.17) is 18.6 Å². The van der Waals surface area contributed by atoms with Crippen LogP contribution in [0.2, 0.25) is 18.1 Å². The largest absolute Gasteiger partial charge is 0.544 e. The van der Waals surface area contributed by atoms with Gasteiger partial charge in [0.25, 0.3) is 5.91 Å². The van der Waals surface area contributed by atoms with Gasteiger partial charge in [0.15, 0.2) is 0 Å². The van der Waals surface area contributed by atoms with Gasteiger partial charge < -0.3 is 18.6 Å². The smallest absolute Gasteiger partial charge is 0.426 e. The van der Waals surface area contributed by atoms with Gasteiger partial charge in [-0.15, -0.1) is 4.90 Å². The fourth-order valence-corrected chi connectivity index (χ4v) is 4.49. The van der Waals surface area contributed by atoms with Gasteiger partial charge in [0.2, 0.25) is 14.2 Å². The number of imide groups is 4. The average molecular weight is 637 g/mol. The Kier molecular flexibility index (Phi) is 12.0. The van der Waals surface area contributed by atoms with Gasteiger partial charge in [0.05, 0.1) is 0 Å². The quantitative estimate of drug-likeness (QED) is 0.231. The summed E-state index contributed by atoms with van der Waals surface area (Å²) in [5.74, 6) is -1.40. The fourth-order valence-electron chi connectivity index (χ4n) is 3.46. The van der Waals surface area contributed by atoms with Gasteiger partial charge in [-0.1, -0.05) is 32.9 Å². The minimum absolute atomic E-state index is 0.0363. The van der Waals surface area contributed by atoms with Crippen LogP contribution >= 0.6 is 0 Å². The molecule has 0 unspecified atom stereocenters. The van der Waals surface area contributed by atoms with Crippen molar-refractivity contribution in [2.45, 2.75) is 137 Å². The minimum Gasteiger partial charge on any atom is -0.544 e. The van der Waals surface area contributed by atoms with E-state index in [1.165, 1.54) is 0 Å². The average Bonchev–Trinajstić information content (AvgIpc) is 2.74. The summed E-state index contributed by atoms with van der Waals surface area (Å²) >= 11 is 0. The molecule has 0 aromatic heterocycles. The highest BCUT2D eigenvalue weighted by Crippen LogP contribution is 2.37. The molecule has 0 spiro atoms. The summed E-state index contributed by atoms with van der Waals surface area (Å²) in [7, 11) is -2.14. The number of ether oxygens (including phenoxy) is 3. The molecule has 0 aliphatic carbocycles. The topological polar surface area (TPSA) is 129 Å². The highest BCUT2D eigenvalue weighted by Gasteiger charge is 2.45. The maximum atomic E-state index is 14.2. The van der Waals surface area contributed by atoms with Crippen molar-refractivity contribution in [3.63, 3.8) is 0 Å². The molecule has 44 heavy (non-hydrogen) atoms. The number of hydrogen-bond donors (Lipinski definition) is 0. The van der Waals surface area contributed by atoms with Crippen LogP contribution in [0.3, 0.4) is 0 Å². The molecule has 1 aromatic carbocycles. The molecule has 1 aromatic rings. The maximum absolute atomic E-state index is 14.2. The molecule has 0 N–H and O–H groups in total. The number of carbonyl (C=O) groups excluding carboxylic acids is 5. The van der Waals surface area contributed by atoms with Gasteiger partial charge >= 0.3 is 18.3 Å². The lowest BCUT2D eigenvalue weighted by atomic mass is 10.0. The number of hydrogen-bond acceptors (Lipinski definition) is 9. The van der Waals surface area contributed by atoms with Crippen molar-refractivity contribution in [1.82, 2.24) is 9.80 Å². The van der Waals surface area contributed by atoms with E-state index >= 15 is 0 Å². The second kappa shape index (κ2) is 13.7. The van der Waals surface area contributed by atoms with Crippen LogP contribution in [0, 0.1) is 0 Å². The number of nitrogens with zero attached hydrogens (tertiary/aromatic N) is 2. The molecule has 1 rings (SSSR count). The maximum Gasteiger partial charge on any atom is 0.426 e. The Balaban J connectivity index is 3.72. The van der Waals surface area contributed by atoms with Gasteiger partial charge in [-0.05, 0) is 98.1 Å². The zero-order valence-electron chi connectivity index (χ0n) is 29.2. The fraction of sp³-hybridized carbons (Fsp3) is 0.656. The number of benzene rings is 1. The third-order valence-electron chi connectivity index (χ3n) is 6.43. The predicted molar refractivity (Wildman–Crippen MR) is 170 cm³/mol. The number of carbonyl (C=O) groups is 5. The summed E-state index contributed by atoms with van der Waals surface area (Å²) in [6.07, 6.45) is -3.99. The summed E-state index contributed by atoms with van der Waals surface area (Å²) in [4.78, 5) is 67.8. The molecule has 0 bridgehead atoms. The van der Waals surface area contributed by atoms with Crippen LogP contribution in [0.25, 0.3) is 0 Å². The van der Waals surface area contributed by atoms with E-state index in [2.05, 4.69) is 33.9 Å². The molecule has 5 amide bonds. The van der Waals surface area contributed by atoms with E-state index in [1.807, 2.05) is 0 Å². The molecule has 0 aliphatic rings. The Labute approximate surface area is 263 Å². The molecule has 0 radical (unpaired) electrons. The zero-order chi connectivity index (χ0) is 34.6. The SMILES string of the molecule is CC(=O)N(C(=O)OC(C)(C)C)[C@@H](Cc1ccc(O[Si](C)(C)C(C)(C)C)cc1)C(=O)N(C(=O)OC(C)(C)C)C(=O)OC(C)(C)C. The molecule has 1 atom stereocenters. The second-order valence-electron chi connectivity index (χ2n) is 15.2. The Morgan fingerprint density at radius 2 is 1.07 bits per heavy atom. The van der Waals surface area contributed by atoms with E-state index in [-0.39, 0.29) is 16.4 Å². The van der Waals surface area contributed by atoms with E-state index in [0.29, 0.717) is 16.2 Å². The van der Waals surface area contributed by atoms with Gasteiger partial charge in [-0.3, -0.25) is 9.59 Å². The first-order valence-electron chi connectivity index (χ1n) is 14.7. The van der Waals surface area contributed by atoms with Crippen LogP contribution in [0.5, 0.6) is 5.75 Å². The first-order valence-corrected chi connectivity index (χ1v) is 17.6. The lowest BCUT2D eigenvalue weighted by Crippen LogP contribution is -2.58. The van der Waals surface area contributed by atoms with Crippen LogP contribution in [0.4, 0.5) is 14.4 Å². The van der Waals surface area contributed by atoms with E-state index in [9.17, 15) is 24.0 Å². The number of rotatable bonds is 6. The molecule has 12 heteroatoms. The van der Waals surface area contributed by atoms with Crippen molar-refractivity contribution >= 4 is 38.4 Å². The van der Waals surface area contributed by atoms with Crippen molar-refractivity contribution in [3.05, 3.63) is 29.8 Å².